The first-order valence-electron chi connectivity index (χ1n) is 11.4. The van der Waals surface area contributed by atoms with Crippen molar-refractivity contribution in [3.8, 4) is 0 Å². The highest BCUT2D eigenvalue weighted by Gasteiger charge is 2.55. The maximum Gasteiger partial charge on any atom is 0.303 e. The van der Waals surface area contributed by atoms with Crippen molar-refractivity contribution in [2.75, 3.05) is 0 Å². The maximum absolute atomic E-state index is 12.7. The fourth-order valence-corrected chi connectivity index (χ4v) is 9.11. The minimum absolute atomic E-state index is 0.102. The molecule has 166 valence electrons. The average molecular weight is 442 g/mol. The van der Waals surface area contributed by atoms with E-state index < -0.39 is 17.7 Å². The molecule has 4 fully saturated rings. The third kappa shape index (κ3) is 3.93. The summed E-state index contributed by atoms with van der Waals surface area (Å²) in [5.41, 5.74) is 1.69. The molecule has 6 rings (SSSR count). The van der Waals surface area contributed by atoms with Crippen molar-refractivity contribution in [3.63, 3.8) is 0 Å². The Morgan fingerprint density at radius 1 is 1.03 bits per heavy atom. The van der Waals surface area contributed by atoms with Crippen molar-refractivity contribution in [1.82, 2.24) is 4.90 Å². The van der Waals surface area contributed by atoms with Gasteiger partial charge in [0, 0.05) is 24.2 Å². The summed E-state index contributed by atoms with van der Waals surface area (Å²) < 4.78 is 5.98. The lowest BCUT2D eigenvalue weighted by atomic mass is 9.56. The molecule has 6 heteroatoms. The lowest BCUT2D eigenvalue weighted by Gasteiger charge is -2.58. The van der Waals surface area contributed by atoms with E-state index in [1.54, 1.807) is 17.8 Å². The first-order valence-corrected chi connectivity index (χ1v) is 12.3. The molecule has 0 radical (unpaired) electrons. The fourth-order valence-electron chi connectivity index (χ4n) is 6.89. The first kappa shape index (κ1) is 21.1. The van der Waals surface area contributed by atoms with Crippen LogP contribution in [0.2, 0.25) is 0 Å². The van der Waals surface area contributed by atoms with E-state index >= 15 is 0 Å². The number of hydrogen-bond donors (Lipinski definition) is 1. The summed E-state index contributed by atoms with van der Waals surface area (Å²) in [5.74, 6) is 1.75. The molecule has 0 aromatic heterocycles. The highest BCUT2D eigenvalue weighted by molar-refractivity contribution is 8.01. The van der Waals surface area contributed by atoms with Crippen LogP contribution in [-0.2, 0) is 14.3 Å². The van der Waals surface area contributed by atoms with Crippen LogP contribution in [0.25, 0.3) is 5.57 Å². The van der Waals surface area contributed by atoms with Gasteiger partial charge in [0.05, 0.1) is 0 Å². The lowest BCUT2D eigenvalue weighted by Crippen LogP contribution is -2.57. The van der Waals surface area contributed by atoms with Crippen LogP contribution in [0, 0.1) is 17.8 Å². The molecule has 0 saturated heterocycles. The molecule has 1 N–H and O–H groups in total. The molecular formula is C25H31NO4S. The molecule has 4 saturated carbocycles. The number of carbonyl (C=O) groups excluding carboxylic acids is 2. The van der Waals surface area contributed by atoms with Crippen LogP contribution < -0.4 is 0 Å². The molecule has 5 aliphatic rings. The quantitative estimate of drug-likeness (QED) is 0.709. The van der Waals surface area contributed by atoms with E-state index in [0.717, 1.165) is 28.9 Å². The van der Waals surface area contributed by atoms with E-state index in [0.29, 0.717) is 0 Å². The number of aliphatic hydroxyl groups excluding tert-OH is 1. The lowest BCUT2D eigenvalue weighted by molar-refractivity contribution is -0.152. The Labute approximate surface area is 188 Å². The number of aliphatic hydroxyl groups is 1. The van der Waals surface area contributed by atoms with E-state index in [4.69, 9.17) is 4.74 Å². The Morgan fingerprint density at radius 2 is 1.61 bits per heavy atom. The van der Waals surface area contributed by atoms with Crippen LogP contribution in [0.5, 0.6) is 0 Å². The molecule has 31 heavy (non-hydrogen) atoms. The van der Waals surface area contributed by atoms with Crippen molar-refractivity contribution < 1.29 is 19.4 Å². The smallest absolute Gasteiger partial charge is 0.303 e. The van der Waals surface area contributed by atoms with E-state index in [1.165, 1.54) is 57.3 Å². The standard InChI is InChI=1S/C25H31NO4S/c1-15(27)26-22(29)11-21(20-6-4-3-5-7-20)23(30-16(2)28)24(26)31-25-12-17-8-18(13-25)10-19(9-17)14-25/h3-7,11,17-19,22-24,29H,8-10,12-14H2,1-2H3/t17?,18?,19?,22-,23-,24+,25?/m1/s1. The second kappa shape index (κ2) is 7.96. The minimum atomic E-state index is -1.04. The minimum Gasteiger partial charge on any atom is -0.454 e. The van der Waals surface area contributed by atoms with Gasteiger partial charge in [-0.15, -0.1) is 11.8 Å². The summed E-state index contributed by atoms with van der Waals surface area (Å²) in [4.78, 5) is 26.3. The van der Waals surface area contributed by atoms with Crippen molar-refractivity contribution in [2.24, 2.45) is 17.8 Å². The SMILES string of the molecule is CC(=O)O[C@@H]1C(c2ccccc2)=C[C@@H](O)N(C(C)=O)[C@H]1SC12CC3CC(CC(C3)C1)C2. The molecule has 1 aromatic rings. The number of thioether (sulfide) groups is 1. The number of nitrogens with zero attached hydrogens (tertiary/aromatic N) is 1. The van der Waals surface area contributed by atoms with Gasteiger partial charge >= 0.3 is 5.97 Å². The Balaban J connectivity index is 1.54. The van der Waals surface area contributed by atoms with Gasteiger partial charge < -0.3 is 9.84 Å². The summed E-state index contributed by atoms with van der Waals surface area (Å²) in [5, 5.41) is 10.5. The predicted octanol–water partition coefficient (Wildman–Crippen LogP) is 4.21. The molecule has 4 bridgehead atoms. The molecule has 1 aromatic carbocycles. The Hall–Kier alpha value is -1.79. The first-order chi connectivity index (χ1) is 14.8. The normalized spacial score (nSPS) is 38.7. The van der Waals surface area contributed by atoms with Gasteiger partial charge in [-0.1, -0.05) is 30.3 Å². The van der Waals surface area contributed by atoms with Crippen molar-refractivity contribution in [3.05, 3.63) is 42.0 Å². The third-order valence-electron chi connectivity index (χ3n) is 7.57. The van der Waals surface area contributed by atoms with Gasteiger partial charge in [-0.25, -0.2) is 0 Å². The molecule has 3 atom stereocenters. The van der Waals surface area contributed by atoms with Gasteiger partial charge in [0.2, 0.25) is 5.91 Å². The summed E-state index contributed by atoms with van der Waals surface area (Å²) in [6, 6.07) is 9.74. The summed E-state index contributed by atoms with van der Waals surface area (Å²) in [6.45, 7) is 2.90. The predicted molar refractivity (Wildman–Crippen MR) is 121 cm³/mol. The van der Waals surface area contributed by atoms with E-state index in [9.17, 15) is 14.7 Å². The summed E-state index contributed by atoms with van der Waals surface area (Å²) in [6.07, 6.45) is 7.54. The van der Waals surface area contributed by atoms with Gasteiger partial charge in [-0.05, 0) is 67.9 Å². The molecule has 0 unspecified atom stereocenters. The molecule has 1 amide bonds. The number of carbonyl (C=O) groups is 2. The van der Waals surface area contributed by atoms with Gasteiger partial charge in [0.25, 0.3) is 0 Å². The van der Waals surface area contributed by atoms with Gasteiger partial charge in [0.15, 0.2) is 6.10 Å². The number of hydrogen-bond acceptors (Lipinski definition) is 5. The fraction of sp³-hybridized carbons (Fsp3) is 0.600. The number of rotatable bonds is 4. The Morgan fingerprint density at radius 3 is 2.13 bits per heavy atom. The van der Waals surface area contributed by atoms with Gasteiger partial charge in [-0.3, -0.25) is 14.5 Å². The van der Waals surface area contributed by atoms with Gasteiger partial charge in [0.1, 0.15) is 11.6 Å². The number of amides is 1. The van der Waals surface area contributed by atoms with E-state index in [1.807, 2.05) is 30.3 Å². The van der Waals surface area contributed by atoms with Crippen molar-refractivity contribution in [2.45, 2.75) is 74.8 Å². The summed E-state index contributed by atoms with van der Waals surface area (Å²) in [7, 11) is 0. The zero-order chi connectivity index (χ0) is 21.8. The molecule has 1 aliphatic heterocycles. The van der Waals surface area contributed by atoms with Crippen LogP contribution >= 0.6 is 11.8 Å². The topological polar surface area (TPSA) is 66.8 Å². The second-order valence-corrected chi connectivity index (χ2v) is 11.6. The van der Waals surface area contributed by atoms with Crippen LogP contribution in [0.15, 0.2) is 36.4 Å². The Bertz CT molecular complexity index is 863. The third-order valence-corrected chi connectivity index (χ3v) is 9.29. The molecule has 1 heterocycles. The van der Waals surface area contributed by atoms with E-state index in [2.05, 4.69) is 0 Å². The van der Waals surface area contributed by atoms with Crippen LogP contribution in [0.1, 0.15) is 57.9 Å². The number of ether oxygens (including phenoxy) is 1. The highest BCUT2D eigenvalue weighted by Crippen LogP contribution is 2.62. The number of esters is 1. The van der Waals surface area contributed by atoms with E-state index in [-0.39, 0.29) is 16.6 Å². The molecule has 0 spiro atoms. The second-order valence-electron chi connectivity index (χ2n) is 9.97. The van der Waals surface area contributed by atoms with Crippen molar-refractivity contribution in [1.29, 1.82) is 0 Å². The Kier molecular flexibility index (Phi) is 5.41. The van der Waals surface area contributed by atoms with Crippen LogP contribution in [0.3, 0.4) is 0 Å². The zero-order valence-electron chi connectivity index (χ0n) is 18.2. The van der Waals surface area contributed by atoms with Crippen LogP contribution in [-0.4, -0.2) is 44.3 Å². The monoisotopic (exact) mass is 441 g/mol. The molecular weight excluding hydrogens is 410 g/mol. The van der Waals surface area contributed by atoms with Crippen LogP contribution in [0.4, 0.5) is 0 Å². The highest BCUT2D eigenvalue weighted by atomic mass is 32.2. The number of benzene rings is 1. The molecule has 5 nitrogen and oxygen atoms in total. The maximum atomic E-state index is 12.7. The molecule has 4 aliphatic carbocycles. The largest absolute Gasteiger partial charge is 0.454 e. The zero-order valence-corrected chi connectivity index (χ0v) is 19.0. The average Bonchev–Trinajstić information content (AvgIpc) is 2.68. The van der Waals surface area contributed by atoms with Gasteiger partial charge in [-0.2, -0.15) is 0 Å². The van der Waals surface area contributed by atoms with Crippen molar-refractivity contribution >= 4 is 29.2 Å². The summed E-state index contributed by atoms with van der Waals surface area (Å²) >= 11 is 1.79.